The lowest BCUT2D eigenvalue weighted by molar-refractivity contribution is 0.211. The van der Waals surface area contributed by atoms with Crippen LogP contribution in [-0.2, 0) is 10.3 Å². The Bertz CT molecular complexity index is 885. The van der Waals surface area contributed by atoms with Crippen molar-refractivity contribution in [1.82, 2.24) is 9.97 Å². The predicted molar refractivity (Wildman–Crippen MR) is 126 cm³/mol. The molecular weight excluding hydrogens is 374 g/mol. The number of anilines is 1. The van der Waals surface area contributed by atoms with E-state index in [1.54, 1.807) is 13.4 Å². The highest BCUT2D eigenvalue weighted by atomic mass is 16.6. The van der Waals surface area contributed by atoms with Crippen molar-refractivity contribution in [3.63, 3.8) is 0 Å². The average molecular weight is 412 g/mol. The molecule has 0 amide bonds. The summed E-state index contributed by atoms with van der Waals surface area (Å²) in [5, 5.41) is 7.50. The fraction of sp³-hybridized carbons (Fsp3) is 0.542. The lowest BCUT2D eigenvalue weighted by Crippen LogP contribution is -2.36. The Balaban J connectivity index is 0.000000341. The maximum atomic E-state index is 5.63. The summed E-state index contributed by atoms with van der Waals surface area (Å²) in [7, 11) is 3.48. The molecule has 0 radical (unpaired) electrons. The third kappa shape index (κ3) is 4.64. The molecule has 0 bridgehead atoms. The van der Waals surface area contributed by atoms with Crippen molar-refractivity contribution in [1.29, 1.82) is 0 Å². The van der Waals surface area contributed by atoms with E-state index in [9.17, 15) is 0 Å². The minimum atomic E-state index is -0.323. The van der Waals surface area contributed by atoms with Crippen LogP contribution < -0.4 is 11.1 Å². The lowest BCUT2D eigenvalue weighted by atomic mass is 9.69. The summed E-state index contributed by atoms with van der Waals surface area (Å²) in [6.07, 6.45) is 8.29. The van der Waals surface area contributed by atoms with E-state index in [0.29, 0.717) is 6.04 Å². The molecule has 0 saturated heterocycles. The molecule has 0 unspecified atom stereocenters. The molecule has 0 spiro atoms. The molecule has 1 aromatic carbocycles. The van der Waals surface area contributed by atoms with Gasteiger partial charge in [0.05, 0.1) is 11.4 Å². The van der Waals surface area contributed by atoms with Gasteiger partial charge in [-0.3, -0.25) is 0 Å². The number of nitrogens with one attached hydrogen (secondary N) is 1. The molecule has 2 aromatic rings. The highest BCUT2D eigenvalue weighted by molar-refractivity contribution is 6.15. The summed E-state index contributed by atoms with van der Waals surface area (Å²) in [5.74, 6) is 0. The van der Waals surface area contributed by atoms with Crippen molar-refractivity contribution in [2.45, 2.75) is 71.8 Å². The van der Waals surface area contributed by atoms with Crippen molar-refractivity contribution in [3.05, 3.63) is 41.3 Å². The zero-order chi connectivity index (χ0) is 21.0. The van der Waals surface area contributed by atoms with Gasteiger partial charge in [-0.25, -0.2) is 9.97 Å². The van der Waals surface area contributed by atoms with E-state index in [1.165, 1.54) is 32.1 Å². The van der Waals surface area contributed by atoms with Gasteiger partial charge in [-0.2, -0.15) is 0 Å². The highest BCUT2D eigenvalue weighted by Crippen LogP contribution is 2.44. The number of rotatable bonds is 2. The van der Waals surface area contributed by atoms with Crippen LogP contribution in [0.4, 0.5) is 5.69 Å². The van der Waals surface area contributed by atoms with Crippen molar-refractivity contribution < 1.29 is 4.84 Å². The molecule has 0 atom stereocenters. The normalized spacial score (nSPS) is 18.3. The third-order valence-corrected chi connectivity index (χ3v) is 5.90. The molecule has 30 heavy (non-hydrogen) atoms. The number of hydrogen-bond donors (Lipinski definition) is 2. The van der Waals surface area contributed by atoms with E-state index < -0.39 is 0 Å². The monoisotopic (exact) mass is 411 g/mol. The molecular formula is C24H37N5O. The predicted octanol–water partition coefficient (Wildman–Crippen LogP) is 5.05. The topological polar surface area (TPSA) is 85.4 Å². The quantitative estimate of drug-likeness (QED) is 0.676. The Labute approximate surface area is 181 Å². The molecule has 0 aliphatic heterocycles. The van der Waals surface area contributed by atoms with Crippen LogP contribution in [0.3, 0.4) is 0 Å². The summed E-state index contributed by atoms with van der Waals surface area (Å²) in [6.45, 7) is 6.28. The van der Waals surface area contributed by atoms with Crippen molar-refractivity contribution >= 4 is 11.4 Å². The van der Waals surface area contributed by atoms with Crippen LogP contribution in [0.15, 0.2) is 29.7 Å². The standard InChI is InChI=1S/C17H20N4O.C6H13N.CH4/c1-10-14-15(20-9-19-10)12-7-6-11(18-4)8-13(12)16(21-22-5)17(14,2)3;7-6-4-2-1-3-5-6;/h6-9,18H,1-5H3;6H,1-5,7H2;1H4/b21-16+;;. The Hall–Kier alpha value is -2.47. The maximum Gasteiger partial charge on any atom is 0.116 e. The van der Waals surface area contributed by atoms with Gasteiger partial charge in [0.2, 0.25) is 0 Å². The van der Waals surface area contributed by atoms with Crippen LogP contribution in [0.1, 0.15) is 70.2 Å². The van der Waals surface area contributed by atoms with Crippen LogP contribution in [0.25, 0.3) is 11.3 Å². The third-order valence-electron chi connectivity index (χ3n) is 5.90. The molecule has 164 valence electrons. The van der Waals surface area contributed by atoms with Crippen molar-refractivity contribution in [3.8, 4) is 11.3 Å². The summed E-state index contributed by atoms with van der Waals surface area (Å²) in [6, 6.07) is 6.75. The van der Waals surface area contributed by atoms with Gasteiger partial charge in [0.15, 0.2) is 0 Å². The van der Waals surface area contributed by atoms with Gasteiger partial charge in [-0.1, -0.05) is 37.9 Å². The molecule has 1 fully saturated rings. The van der Waals surface area contributed by atoms with E-state index in [2.05, 4.69) is 46.4 Å². The summed E-state index contributed by atoms with van der Waals surface area (Å²) < 4.78 is 0. The first-order valence-electron chi connectivity index (χ1n) is 10.4. The number of fused-ring (bicyclic) bond motifs is 3. The Morgan fingerprint density at radius 2 is 1.83 bits per heavy atom. The first-order chi connectivity index (χ1) is 13.9. The number of oxime groups is 1. The molecule has 1 heterocycles. The molecule has 2 aliphatic rings. The molecule has 1 aromatic heterocycles. The Morgan fingerprint density at radius 1 is 1.13 bits per heavy atom. The minimum Gasteiger partial charge on any atom is -0.399 e. The summed E-state index contributed by atoms with van der Waals surface area (Å²) in [5.41, 5.74) is 12.4. The number of aryl methyl sites for hydroxylation is 1. The fourth-order valence-electron chi connectivity index (χ4n) is 4.37. The van der Waals surface area contributed by atoms with Crippen LogP contribution >= 0.6 is 0 Å². The SMILES string of the molecule is C.CNc1ccc2c(c1)/C(=N\OC)C(C)(C)c1c(C)ncnc1-2.NC1CCCCC1. The van der Waals surface area contributed by atoms with E-state index in [4.69, 9.17) is 10.6 Å². The molecule has 2 aliphatic carbocycles. The molecule has 3 N–H and O–H groups in total. The van der Waals surface area contributed by atoms with Gasteiger partial charge >= 0.3 is 0 Å². The van der Waals surface area contributed by atoms with Crippen molar-refractivity contribution in [2.75, 3.05) is 19.5 Å². The zero-order valence-corrected chi connectivity index (χ0v) is 18.2. The van der Waals surface area contributed by atoms with Crippen LogP contribution in [0.2, 0.25) is 0 Å². The van der Waals surface area contributed by atoms with Gasteiger partial charge in [0, 0.05) is 46.6 Å². The second-order valence-corrected chi connectivity index (χ2v) is 8.34. The number of hydrogen-bond acceptors (Lipinski definition) is 6. The molecule has 1 saturated carbocycles. The second-order valence-electron chi connectivity index (χ2n) is 8.34. The number of benzene rings is 1. The lowest BCUT2D eigenvalue weighted by Gasteiger charge is -2.35. The largest absolute Gasteiger partial charge is 0.399 e. The van der Waals surface area contributed by atoms with E-state index in [-0.39, 0.29) is 12.8 Å². The van der Waals surface area contributed by atoms with Crippen LogP contribution in [0, 0.1) is 6.92 Å². The van der Waals surface area contributed by atoms with E-state index in [1.807, 2.05) is 20.0 Å². The molecule has 6 heteroatoms. The average Bonchev–Trinajstić information content (AvgIpc) is 2.71. The Morgan fingerprint density at radius 3 is 2.40 bits per heavy atom. The van der Waals surface area contributed by atoms with E-state index >= 15 is 0 Å². The number of nitrogens with two attached hydrogens (primary N) is 1. The summed E-state index contributed by atoms with van der Waals surface area (Å²) >= 11 is 0. The van der Waals surface area contributed by atoms with Gasteiger partial charge < -0.3 is 15.9 Å². The van der Waals surface area contributed by atoms with Gasteiger partial charge in [0.1, 0.15) is 13.4 Å². The van der Waals surface area contributed by atoms with Crippen LogP contribution in [-0.4, -0.2) is 35.9 Å². The second kappa shape index (κ2) is 10.0. The molecule has 4 rings (SSSR count). The number of nitrogens with zero attached hydrogens (tertiary/aromatic N) is 3. The molecule has 6 nitrogen and oxygen atoms in total. The minimum absolute atomic E-state index is 0. The maximum absolute atomic E-state index is 5.63. The highest BCUT2D eigenvalue weighted by Gasteiger charge is 2.40. The van der Waals surface area contributed by atoms with Crippen LogP contribution in [0.5, 0.6) is 0 Å². The number of aromatic nitrogens is 2. The summed E-state index contributed by atoms with van der Waals surface area (Å²) in [4.78, 5) is 14.0. The smallest absolute Gasteiger partial charge is 0.116 e. The first kappa shape index (κ1) is 23.8. The van der Waals surface area contributed by atoms with Crippen molar-refractivity contribution in [2.24, 2.45) is 10.9 Å². The zero-order valence-electron chi connectivity index (χ0n) is 18.2. The van der Waals surface area contributed by atoms with Gasteiger partial charge in [0.25, 0.3) is 0 Å². The Kier molecular flexibility index (Phi) is 7.96. The van der Waals surface area contributed by atoms with E-state index in [0.717, 1.165) is 39.5 Å². The first-order valence-corrected chi connectivity index (χ1v) is 10.4. The van der Waals surface area contributed by atoms with Gasteiger partial charge in [-0.05, 0) is 45.7 Å². The van der Waals surface area contributed by atoms with Gasteiger partial charge in [-0.15, -0.1) is 0 Å². The fourth-order valence-corrected chi connectivity index (χ4v) is 4.37.